The molecule has 0 amide bonds. The Morgan fingerprint density at radius 3 is 2.77 bits per heavy atom. The van der Waals surface area contributed by atoms with Crippen LogP contribution < -0.4 is 0 Å². The van der Waals surface area contributed by atoms with E-state index in [-0.39, 0.29) is 10.8 Å². The van der Waals surface area contributed by atoms with Gasteiger partial charge in [0.05, 0.1) is 5.02 Å². The zero-order valence-corrected chi connectivity index (χ0v) is 9.54. The molecule has 0 aliphatic rings. The molecule has 0 fully saturated rings. The van der Waals surface area contributed by atoms with Crippen LogP contribution in [0.3, 0.4) is 0 Å². The Morgan fingerprint density at radius 1 is 1.31 bits per heavy atom. The first-order chi connectivity index (χ1) is 6.25. The van der Waals surface area contributed by atoms with E-state index < -0.39 is 0 Å². The highest BCUT2D eigenvalue weighted by Crippen LogP contribution is 2.21. The number of halogens is 3. The maximum Gasteiger partial charge on any atom is 0.142 e. The third-order valence-electron chi connectivity index (χ3n) is 1.86. The standard InChI is InChI=1S/C10H11BrClF/c11-7-2-1-4-8-5-3-6-9(13)10(8)12/h3,5-6H,1-2,4,7H2. The molecule has 72 valence electrons. The summed E-state index contributed by atoms with van der Waals surface area (Å²) >= 11 is 9.13. The molecular weight excluding hydrogens is 254 g/mol. The quantitative estimate of drug-likeness (QED) is 0.565. The smallest absolute Gasteiger partial charge is 0.142 e. The van der Waals surface area contributed by atoms with Crippen molar-refractivity contribution in [3.63, 3.8) is 0 Å². The zero-order valence-electron chi connectivity index (χ0n) is 7.19. The van der Waals surface area contributed by atoms with Crippen molar-refractivity contribution in [1.29, 1.82) is 0 Å². The van der Waals surface area contributed by atoms with E-state index in [0.29, 0.717) is 0 Å². The fourth-order valence-electron chi connectivity index (χ4n) is 1.15. The minimum Gasteiger partial charge on any atom is -0.205 e. The van der Waals surface area contributed by atoms with Crippen LogP contribution in [0, 0.1) is 5.82 Å². The highest BCUT2D eigenvalue weighted by molar-refractivity contribution is 9.09. The van der Waals surface area contributed by atoms with Gasteiger partial charge in [0.1, 0.15) is 5.82 Å². The Bertz CT molecular complexity index is 276. The van der Waals surface area contributed by atoms with Gasteiger partial charge < -0.3 is 0 Å². The molecule has 0 bridgehead atoms. The van der Waals surface area contributed by atoms with Gasteiger partial charge in [0, 0.05) is 5.33 Å². The number of aryl methyl sites for hydroxylation is 1. The van der Waals surface area contributed by atoms with Gasteiger partial charge in [-0.15, -0.1) is 0 Å². The van der Waals surface area contributed by atoms with Crippen LogP contribution in [0.25, 0.3) is 0 Å². The van der Waals surface area contributed by atoms with E-state index in [1.54, 1.807) is 6.07 Å². The molecule has 0 unspecified atom stereocenters. The van der Waals surface area contributed by atoms with Gasteiger partial charge in [0.15, 0.2) is 0 Å². The van der Waals surface area contributed by atoms with E-state index in [4.69, 9.17) is 11.6 Å². The summed E-state index contributed by atoms with van der Waals surface area (Å²) in [5, 5.41) is 1.26. The fourth-order valence-corrected chi connectivity index (χ4v) is 1.77. The van der Waals surface area contributed by atoms with E-state index in [1.165, 1.54) is 6.07 Å². The van der Waals surface area contributed by atoms with E-state index in [0.717, 1.165) is 30.2 Å². The number of unbranched alkanes of at least 4 members (excludes halogenated alkanes) is 1. The number of rotatable bonds is 4. The van der Waals surface area contributed by atoms with Gasteiger partial charge in [-0.1, -0.05) is 39.7 Å². The fraction of sp³-hybridized carbons (Fsp3) is 0.400. The lowest BCUT2D eigenvalue weighted by atomic mass is 10.1. The summed E-state index contributed by atoms with van der Waals surface area (Å²) in [7, 11) is 0. The van der Waals surface area contributed by atoms with Crippen LogP contribution in [-0.4, -0.2) is 5.33 Å². The van der Waals surface area contributed by atoms with Gasteiger partial charge in [0.2, 0.25) is 0 Å². The van der Waals surface area contributed by atoms with Gasteiger partial charge in [-0.2, -0.15) is 0 Å². The first-order valence-electron chi connectivity index (χ1n) is 4.24. The summed E-state index contributed by atoms with van der Waals surface area (Å²) in [6.07, 6.45) is 2.98. The topological polar surface area (TPSA) is 0 Å². The van der Waals surface area contributed by atoms with E-state index >= 15 is 0 Å². The number of alkyl halides is 1. The average Bonchev–Trinajstić information content (AvgIpc) is 2.13. The highest BCUT2D eigenvalue weighted by atomic mass is 79.9. The number of benzene rings is 1. The second-order valence-corrected chi connectivity index (χ2v) is 4.03. The van der Waals surface area contributed by atoms with Crippen molar-refractivity contribution in [2.75, 3.05) is 5.33 Å². The summed E-state index contributed by atoms with van der Waals surface area (Å²) in [4.78, 5) is 0. The van der Waals surface area contributed by atoms with Crippen molar-refractivity contribution >= 4 is 27.5 Å². The Balaban J connectivity index is 2.61. The molecule has 0 saturated carbocycles. The minimum atomic E-state index is -0.321. The minimum absolute atomic E-state index is 0.275. The maximum atomic E-state index is 12.9. The lowest BCUT2D eigenvalue weighted by molar-refractivity contribution is 0.625. The molecular formula is C10H11BrClF. The summed E-state index contributed by atoms with van der Waals surface area (Å²) < 4.78 is 12.9. The van der Waals surface area contributed by atoms with Crippen LogP contribution in [0.15, 0.2) is 18.2 Å². The molecule has 3 heteroatoms. The molecule has 0 aromatic heterocycles. The molecule has 1 rings (SSSR count). The van der Waals surface area contributed by atoms with Gasteiger partial charge >= 0.3 is 0 Å². The normalized spacial score (nSPS) is 10.4. The van der Waals surface area contributed by atoms with Crippen molar-refractivity contribution < 1.29 is 4.39 Å². The van der Waals surface area contributed by atoms with Crippen molar-refractivity contribution in [1.82, 2.24) is 0 Å². The van der Waals surface area contributed by atoms with Crippen LogP contribution >= 0.6 is 27.5 Å². The molecule has 0 N–H and O–H groups in total. The summed E-state index contributed by atoms with van der Waals surface area (Å²) in [6.45, 7) is 0. The Kier molecular flexibility index (Phi) is 4.74. The molecule has 0 aliphatic heterocycles. The SMILES string of the molecule is Fc1cccc(CCCCBr)c1Cl. The third kappa shape index (κ3) is 3.28. The van der Waals surface area contributed by atoms with Gasteiger partial charge in [-0.3, -0.25) is 0 Å². The lowest BCUT2D eigenvalue weighted by Crippen LogP contribution is -1.89. The van der Waals surface area contributed by atoms with Gasteiger partial charge in [-0.05, 0) is 30.9 Å². The number of hydrogen-bond acceptors (Lipinski definition) is 0. The molecule has 0 radical (unpaired) electrons. The third-order valence-corrected chi connectivity index (χ3v) is 2.85. The predicted molar refractivity (Wildman–Crippen MR) is 58.1 cm³/mol. The first kappa shape index (κ1) is 11.0. The van der Waals surface area contributed by atoms with E-state index in [1.807, 2.05) is 6.07 Å². The summed E-state index contributed by atoms with van der Waals surface area (Å²) in [5.41, 5.74) is 0.905. The molecule has 0 spiro atoms. The molecule has 1 aromatic carbocycles. The van der Waals surface area contributed by atoms with E-state index in [9.17, 15) is 4.39 Å². The van der Waals surface area contributed by atoms with Gasteiger partial charge in [0.25, 0.3) is 0 Å². The summed E-state index contributed by atoms with van der Waals surface area (Å²) in [5.74, 6) is -0.321. The molecule has 1 aromatic rings. The highest BCUT2D eigenvalue weighted by Gasteiger charge is 2.04. The molecule has 0 nitrogen and oxygen atoms in total. The van der Waals surface area contributed by atoms with E-state index in [2.05, 4.69) is 15.9 Å². The van der Waals surface area contributed by atoms with Crippen molar-refractivity contribution in [3.8, 4) is 0 Å². The monoisotopic (exact) mass is 264 g/mol. The Morgan fingerprint density at radius 2 is 2.08 bits per heavy atom. The average molecular weight is 266 g/mol. The molecule has 0 aliphatic carbocycles. The summed E-state index contributed by atoms with van der Waals surface area (Å²) in [6, 6.07) is 4.96. The van der Waals surface area contributed by atoms with Crippen molar-refractivity contribution in [2.24, 2.45) is 0 Å². The van der Waals surface area contributed by atoms with Crippen molar-refractivity contribution in [3.05, 3.63) is 34.6 Å². The van der Waals surface area contributed by atoms with Crippen LogP contribution in [0.2, 0.25) is 5.02 Å². The van der Waals surface area contributed by atoms with Crippen LogP contribution in [0.4, 0.5) is 4.39 Å². The molecule has 0 saturated heterocycles. The van der Waals surface area contributed by atoms with Crippen LogP contribution in [0.5, 0.6) is 0 Å². The maximum absolute atomic E-state index is 12.9. The van der Waals surface area contributed by atoms with Gasteiger partial charge in [-0.25, -0.2) is 4.39 Å². The van der Waals surface area contributed by atoms with Crippen LogP contribution in [0.1, 0.15) is 18.4 Å². The number of hydrogen-bond donors (Lipinski definition) is 0. The molecule has 13 heavy (non-hydrogen) atoms. The zero-order chi connectivity index (χ0) is 9.68. The second kappa shape index (κ2) is 5.61. The lowest BCUT2D eigenvalue weighted by Gasteiger charge is -2.03. The van der Waals surface area contributed by atoms with Crippen molar-refractivity contribution in [2.45, 2.75) is 19.3 Å². The Hall–Kier alpha value is -0.0800. The van der Waals surface area contributed by atoms with Crippen LogP contribution in [-0.2, 0) is 6.42 Å². The first-order valence-corrected chi connectivity index (χ1v) is 5.74. The molecule has 0 atom stereocenters. The predicted octanol–water partition coefficient (Wildman–Crippen LogP) is 4.20. The largest absolute Gasteiger partial charge is 0.205 e. The second-order valence-electron chi connectivity index (χ2n) is 2.86. The Labute approximate surface area is 91.2 Å². The molecule has 0 heterocycles.